The number of carbonyl (C=O) groups is 1. The van der Waals surface area contributed by atoms with Gasteiger partial charge < -0.3 is 15.2 Å². The van der Waals surface area contributed by atoms with E-state index in [-0.39, 0.29) is 6.42 Å². The van der Waals surface area contributed by atoms with Crippen LogP contribution in [-0.4, -0.2) is 23.7 Å². The molecule has 0 saturated heterocycles. The quantitative estimate of drug-likeness (QED) is 0.630. The van der Waals surface area contributed by atoms with Crippen LogP contribution in [0.5, 0.6) is 5.75 Å². The summed E-state index contributed by atoms with van der Waals surface area (Å²) >= 11 is 0. The van der Waals surface area contributed by atoms with Gasteiger partial charge in [-0.25, -0.2) is 0 Å². The molecule has 2 aromatic rings. The lowest BCUT2D eigenvalue weighted by Crippen LogP contribution is -2.30. The summed E-state index contributed by atoms with van der Waals surface area (Å²) in [5.74, 6) is 0.982. The van der Waals surface area contributed by atoms with Gasteiger partial charge in [-0.1, -0.05) is 39.0 Å². The summed E-state index contributed by atoms with van der Waals surface area (Å²) in [6.07, 6.45) is 5.25. The fourth-order valence-electron chi connectivity index (χ4n) is 4.12. The number of benzene rings is 2. The molecular weight excluding hydrogens is 350 g/mol. The normalized spacial score (nSPS) is 20.2. The Kier molecular flexibility index (Phi) is 6.61. The van der Waals surface area contributed by atoms with Gasteiger partial charge in [-0.05, 0) is 71.6 Å². The first kappa shape index (κ1) is 20.7. The second kappa shape index (κ2) is 8.95. The number of ether oxygens (including phenoxy) is 1. The van der Waals surface area contributed by atoms with Gasteiger partial charge in [-0.3, -0.25) is 4.79 Å². The summed E-state index contributed by atoms with van der Waals surface area (Å²) in [5, 5.41) is 14.2. The molecule has 4 nitrogen and oxygen atoms in total. The molecule has 3 rings (SSSR count). The van der Waals surface area contributed by atoms with E-state index in [0.29, 0.717) is 24.6 Å². The van der Waals surface area contributed by atoms with E-state index in [2.05, 4.69) is 62.5 Å². The average molecular weight is 384 g/mol. The number of carboxylic acids is 1. The molecule has 0 unspecified atom stereocenters. The maximum atomic E-state index is 10.6. The van der Waals surface area contributed by atoms with E-state index in [1.165, 1.54) is 23.6 Å². The van der Waals surface area contributed by atoms with Gasteiger partial charge in [0.2, 0.25) is 0 Å². The van der Waals surface area contributed by atoms with Crippen molar-refractivity contribution in [3.63, 3.8) is 0 Å². The number of hydrogen-bond donors (Lipinski definition) is 2. The predicted molar refractivity (Wildman–Crippen MR) is 114 cm³/mol. The number of rotatable bonds is 7. The maximum Gasteiger partial charge on any atom is 0.304 e. The summed E-state index contributed by atoms with van der Waals surface area (Å²) in [4.78, 5) is 10.6. The van der Waals surface area contributed by atoms with E-state index in [4.69, 9.17) is 9.84 Å². The molecule has 0 aliphatic heterocycles. The minimum absolute atomic E-state index is 0.145. The van der Waals surface area contributed by atoms with Crippen molar-refractivity contribution < 1.29 is 14.6 Å². The Labute approximate surface area is 168 Å². The molecule has 0 heterocycles. The van der Waals surface area contributed by atoms with E-state index in [1.54, 1.807) is 0 Å². The lowest BCUT2D eigenvalue weighted by atomic mass is 9.72. The molecule has 1 fully saturated rings. The zero-order chi connectivity index (χ0) is 20.1. The number of fused-ring (bicyclic) bond motifs is 1. The number of nitrogens with one attached hydrogen (secondary N) is 1. The van der Waals surface area contributed by atoms with Crippen LogP contribution in [0.4, 0.5) is 0 Å². The third-order valence-electron chi connectivity index (χ3n) is 5.92. The zero-order valence-corrected chi connectivity index (χ0v) is 17.3. The first-order valence-corrected chi connectivity index (χ1v) is 10.4. The molecule has 1 saturated carbocycles. The fraction of sp³-hybridized carbons (Fsp3) is 0.542. The van der Waals surface area contributed by atoms with Gasteiger partial charge >= 0.3 is 5.97 Å². The molecule has 0 radical (unpaired) electrons. The summed E-state index contributed by atoms with van der Waals surface area (Å²) in [6.45, 7) is 8.20. The third kappa shape index (κ3) is 5.71. The van der Waals surface area contributed by atoms with Gasteiger partial charge in [0.25, 0.3) is 0 Å². The number of carboxylic acid groups (broad SMARTS) is 1. The second-order valence-electron chi connectivity index (χ2n) is 9.12. The molecular formula is C24H33NO3. The van der Waals surface area contributed by atoms with Crippen molar-refractivity contribution in [3.8, 4) is 5.75 Å². The number of hydrogen-bond acceptors (Lipinski definition) is 3. The standard InChI is InChI=1S/C24H33NO3/c1-24(2,3)20-7-10-21(11-8-20)28-22-9-6-18-14-17(4-5-19(18)15-22)16-25-13-12-23(26)27/h4-6,9,14-15,20-21,25H,7-8,10-13,16H2,1-3H3,(H,26,27)/t20-,21-. The van der Waals surface area contributed by atoms with Crippen molar-refractivity contribution >= 4 is 16.7 Å². The minimum Gasteiger partial charge on any atom is -0.490 e. The van der Waals surface area contributed by atoms with Crippen LogP contribution >= 0.6 is 0 Å². The molecule has 28 heavy (non-hydrogen) atoms. The van der Waals surface area contributed by atoms with Crippen LogP contribution in [0.2, 0.25) is 0 Å². The highest BCUT2D eigenvalue weighted by atomic mass is 16.5. The average Bonchev–Trinajstić information content (AvgIpc) is 2.65. The number of aliphatic carboxylic acids is 1. The Morgan fingerprint density at radius 1 is 1.07 bits per heavy atom. The first-order valence-electron chi connectivity index (χ1n) is 10.4. The summed E-state index contributed by atoms with van der Waals surface area (Å²) < 4.78 is 6.29. The Bertz CT molecular complexity index is 801. The Hall–Kier alpha value is -2.07. The van der Waals surface area contributed by atoms with Gasteiger partial charge in [0.1, 0.15) is 5.75 Å². The smallest absolute Gasteiger partial charge is 0.304 e. The highest BCUT2D eigenvalue weighted by Crippen LogP contribution is 2.39. The van der Waals surface area contributed by atoms with Crippen LogP contribution in [-0.2, 0) is 11.3 Å². The highest BCUT2D eigenvalue weighted by Gasteiger charge is 2.30. The SMILES string of the molecule is CC(C)(C)[C@H]1CC[C@H](Oc2ccc3cc(CNCCC(=O)O)ccc3c2)CC1. The third-order valence-corrected chi connectivity index (χ3v) is 5.92. The van der Waals surface area contributed by atoms with Gasteiger partial charge in [-0.15, -0.1) is 0 Å². The van der Waals surface area contributed by atoms with Crippen molar-refractivity contribution in [1.82, 2.24) is 5.32 Å². The van der Waals surface area contributed by atoms with Gasteiger partial charge in [0, 0.05) is 13.1 Å². The molecule has 1 aliphatic carbocycles. The van der Waals surface area contributed by atoms with E-state index in [1.807, 2.05) is 0 Å². The summed E-state index contributed by atoms with van der Waals surface area (Å²) in [7, 11) is 0. The molecule has 0 bridgehead atoms. The molecule has 1 aliphatic rings. The fourth-order valence-corrected chi connectivity index (χ4v) is 4.12. The predicted octanol–water partition coefficient (Wildman–Crippen LogP) is 5.39. The Morgan fingerprint density at radius 3 is 2.43 bits per heavy atom. The minimum atomic E-state index is -0.773. The van der Waals surface area contributed by atoms with Crippen LogP contribution in [0.1, 0.15) is 58.4 Å². The lowest BCUT2D eigenvalue weighted by molar-refractivity contribution is -0.136. The maximum absolute atomic E-state index is 10.6. The van der Waals surface area contributed by atoms with Crippen LogP contribution in [0, 0.1) is 11.3 Å². The molecule has 0 amide bonds. The van der Waals surface area contributed by atoms with Crippen molar-refractivity contribution in [2.75, 3.05) is 6.54 Å². The molecule has 0 atom stereocenters. The zero-order valence-electron chi connectivity index (χ0n) is 17.3. The van der Waals surface area contributed by atoms with Gasteiger partial charge in [-0.2, -0.15) is 0 Å². The molecule has 0 aromatic heterocycles. The van der Waals surface area contributed by atoms with Crippen LogP contribution in [0.25, 0.3) is 10.8 Å². The first-order chi connectivity index (χ1) is 13.3. The van der Waals surface area contributed by atoms with E-state index in [9.17, 15) is 4.79 Å². The molecule has 152 valence electrons. The van der Waals surface area contributed by atoms with E-state index in [0.717, 1.165) is 30.1 Å². The van der Waals surface area contributed by atoms with Crippen LogP contribution < -0.4 is 10.1 Å². The van der Waals surface area contributed by atoms with Crippen molar-refractivity contribution in [1.29, 1.82) is 0 Å². The molecule has 0 spiro atoms. The van der Waals surface area contributed by atoms with Crippen LogP contribution in [0.3, 0.4) is 0 Å². The van der Waals surface area contributed by atoms with E-state index >= 15 is 0 Å². The van der Waals surface area contributed by atoms with E-state index < -0.39 is 5.97 Å². The van der Waals surface area contributed by atoms with Crippen LogP contribution in [0.15, 0.2) is 36.4 Å². The lowest BCUT2D eigenvalue weighted by Gasteiger charge is -2.37. The molecule has 2 aromatic carbocycles. The summed E-state index contributed by atoms with van der Waals surface area (Å²) in [5.41, 5.74) is 1.56. The van der Waals surface area contributed by atoms with Gasteiger partial charge in [0.05, 0.1) is 12.5 Å². The Morgan fingerprint density at radius 2 is 1.75 bits per heavy atom. The topological polar surface area (TPSA) is 58.6 Å². The van der Waals surface area contributed by atoms with Crippen molar-refractivity contribution in [2.24, 2.45) is 11.3 Å². The highest BCUT2D eigenvalue weighted by molar-refractivity contribution is 5.84. The summed E-state index contributed by atoms with van der Waals surface area (Å²) in [6, 6.07) is 12.7. The Balaban J connectivity index is 1.56. The van der Waals surface area contributed by atoms with Crippen molar-refractivity contribution in [3.05, 3.63) is 42.0 Å². The largest absolute Gasteiger partial charge is 0.490 e. The molecule has 4 heteroatoms. The van der Waals surface area contributed by atoms with Crippen molar-refractivity contribution in [2.45, 2.75) is 65.5 Å². The second-order valence-corrected chi connectivity index (χ2v) is 9.12. The molecule has 2 N–H and O–H groups in total. The van der Waals surface area contributed by atoms with Gasteiger partial charge in [0.15, 0.2) is 0 Å². The monoisotopic (exact) mass is 383 g/mol.